The van der Waals surface area contributed by atoms with Crippen molar-refractivity contribution < 1.29 is 4.79 Å². The zero-order chi connectivity index (χ0) is 23.8. The third-order valence-corrected chi connectivity index (χ3v) is 6.10. The van der Waals surface area contributed by atoms with Crippen LogP contribution in [-0.2, 0) is 4.79 Å². The molecule has 0 fully saturated rings. The Morgan fingerprint density at radius 1 is 0.857 bits per heavy atom. The van der Waals surface area contributed by atoms with Crippen LogP contribution in [0.5, 0.6) is 0 Å². The van der Waals surface area contributed by atoms with Crippen LogP contribution in [0.4, 0.5) is 5.69 Å². The number of aromatic amines is 2. The molecule has 7 nitrogen and oxygen atoms in total. The molecule has 4 heterocycles. The van der Waals surface area contributed by atoms with E-state index >= 15 is 0 Å². The zero-order valence-electron chi connectivity index (χ0n) is 19.0. The van der Waals surface area contributed by atoms with Gasteiger partial charge in [-0.25, -0.2) is 0 Å². The molecule has 1 amide bonds. The molecule has 2 aromatic carbocycles. The third kappa shape index (κ3) is 3.83. The monoisotopic (exact) mass is 458 g/mol. The molecule has 0 atom stereocenters. The first-order valence-electron chi connectivity index (χ1n) is 11.5. The summed E-state index contributed by atoms with van der Waals surface area (Å²) in [6.07, 6.45) is 5.82. The van der Waals surface area contributed by atoms with Crippen LogP contribution in [0, 0.1) is 0 Å². The van der Waals surface area contributed by atoms with E-state index in [-0.39, 0.29) is 5.91 Å². The highest BCUT2D eigenvalue weighted by molar-refractivity contribution is 6.01. The molecule has 0 bridgehead atoms. The molecule has 3 N–H and O–H groups in total. The van der Waals surface area contributed by atoms with Gasteiger partial charge in [-0.3, -0.25) is 19.9 Å². The lowest BCUT2D eigenvalue weighted by Crippen LogP contribution is -2.09. The van der Waals surface area contributed by atoms with Gasteiger partial charge in [0, 0.05) is 52.6 Å². The van der Waals surface area contributed by atoms with E-state index in [1.807, 2.05) is 61.7 Å². The Hall–Kier alpha value is -4.78. The molecule has 0 aliphatic heterocycles. The van der Waals surface area contributed by atoms with Gasteiger partial charge >= 0.3 is 0 Å². The summed E-state index contributed by atoms with van der Waals surface area (Å²) in [7, 11) is 0. The van der Waals surface area contributed by atoms with Gasteiger partial charge in [0.05, 0.1) is 16.9 Å². The Morgan fingerprint density at radius 2 is 1.71 bits per heavy atom. The topological polar surface area (TPSA) is 99.3 Å². The average Bonchev–Trinajstić information content (AvgIpc) is 3.53. The molecule has 0 saturated carbocycles. The van der Waals surface area contributed by atoms with E-state index in [4.69, 9.17) is 0 Å². The number of carbonyl (C=O) groups excluding carboxylic acids is 1. The standard InChI is InChI=1S/C28H22N6O/c1-2-26(35)31-20-7-3-5-17(13-20)18-8-9-24-21(14-18)28(34-33-24)25-15-22-23(32-25)10-12-30-27(22)19-6-4-11-29-16-19/h3-16,32H,2H2,1H3,(H,31,35)(H,33,34). The zero-order valence-corrected chi connectivity index (χ0v) is 19.0. The van der Waals surface area contributed by atoms with E-state index in [0.717, 1.165) is 61.3 Å². The lowest BCUT2D eigenvalue weighted by atomic mass is 10.0. The SMILES string of the molecule is CCC(=O)Nc1cccc(-c2ccc3[nH]nc(-c4cc5c(-c6cccnc6)nccc5[nH]4)c3c2)c1. The first kappa shape index (κ1) is 20.8. The molecule has 0 aliphatic rings. The molecule has 35 heavy (non-hydrogen) atoms. The summed E-state index contributed by atoms with van der Waals surface area (Å²) in [5, 5.41) is 12.7. The fourth-order valence-corrected chi connectivity index (χ4v) is 4.34. The van der Waals surface area contributed by atoms with E-state index in [1.165, 1.54) is 0 Å². The number of H-pyrrole nitrogens is 2. The molecule has 6 aromatic rings. The van der Waals surface area contributed by atoms with Gasteiger partial charge in [-0.2, -0.15) is 5.10 Å². The summed E-state index contributed by atoms with van der Waals surface area (Å²) in [5.74, 6) is -0.00585. The van der Waals surface area contributed by atoms with Crippen LogP contribution in [0.2, 0.25) is 0 Å². The smallest absolute Gasteiger partial charge is 0.224 e. The highest BCUT2D eigenvalue weighted by Gasteiger charge is 2.15. The lowest BCUT2D eigenvalue weighted by Gasteiger charge is -2.07. The molecule has 0 radical (unpaired) electrons. The van der Waals surface area contributed by atoms with E-state index < -0.39 is 0 Å². The molecular weight excluding hydrogens is 436 g/mol. The van der Waals surface area contributed by atoms with Gasteiger partial charge in [-0.15, -0.1) is 0 Å². The van der Waals surface area contributed by atoms with Crippen LogP contribution in [0.1, 0.15) is 13.3 Å². The highest BCUT2D eigenvalue weighted by atomic mass is 16.1. The summed E-state index contributed by atoms with van der Waals surface area (Å²) in [4.78, 5) is 24.2. The maximum Gasteiger partial charge on any atom is 0.224 e. The number of aromatic nitrogens is 5. The Labute approximate surface area is 201 Å². The van der Waals surface area contributed by atoms with Crippen molar-refractivity contribution in [2.45, 2.75) is 13.3 Å². The number of hydrogen-bond donors (Lipinski definition) is 3. The van der Waals surface area contributed by atoms with Gasteiger partial charge in [-0.05, 0) is 59.7 Å². The van der Waals surface area contributed by atoms with Crippen LogP contribution in [0.25, 0.3) is 55.6 Å². The fourth-order valence-electron chi connectivity index (χ4n) is 4.34. The Balaban J connectivity index is 1.43. The molecule has 170 valence electrons. The number of rotatable bonds is 5. The quantitative estimate of drug-likeness (QED) is 0.287. The normalized spacial score (nSPS) is 11.2. The second-order valence-electron chi connectivity index (χ2n) is 8.36. The van der Waals surface area contributed by atoms with Gasteiger partial charge in [0.1, 0.15) is 5.69 Å². The second kappa shape index (κ2) is 8.53. The van der Waals surface area contributed by atoms with E-state index in [0.29, 0.717) is 6.42 Å². The lowest BCUT2D eigenvalue weighted by molar-refractivity contribution is -0.115. The molecule has 7 heteroatoms. The van der Waals surface area contributed by atoms with Crippen LogP contribution in [0.3, 0.4) is 0 Å². The summed E-state index contributed by atoms with van der Waals surface area (Å²) in [6, 6.07) is 22.1. The molecule has 0 spiro atoms. The van der Waals surface area contributed by atoms with Crippen molar-refractivity contribution in [1.29, 1.82) is 0 Å². The van der Waals surface area contributed by atoms with E-state index in [2.05, 4.69) is 48.7 Å². The number of hydrogen-bond acceptors (Lipinski definition) is 4. The van der Waals surface area contributed by atoms with Crippen molar-refractivity contribution in [2.75, 3.05) is 5.32 Å². The van der Waals surface area contributed by atoms with E-state index in [9.17, 15) is 4.79 Å². The summed E-state index contributed by atoms with van der Waals surface area (Å²) in [6.45, 7) is 1.84. The minimum absolute atomic E-state index is 0.00585. The predicted molar refractivity (Wildman–Crippen MR) is 139 cm³/mol. The third-order valence-electron chi connectivity index (χ3n) is 6.10. The Kier molecular flexibility index (Phi) is 5.07. The number of nitrogens with one attached hydrogen (secondary N) is 3. The summed E-state index contributed by atoms with van der Waals surface area (Å²) >= 11 is 0. The maximum absolute atomic E-state index is 11.8. The summed E-state index contributed by atoms with van der Waals surface area (Å²) in [5.41, 5.74) is 8.37. The minimum Gasteiger partial charge on any atom is -0.353 e. The molecule has 4 aromatic heterocycles. The van der Waals surface area contributed by atoms with Gasteiger partial charge in [0.25, 0.3) is 0 Å². The van der Waals surface area contributed by atoms with Crippen LogP contribution < -0.4 is 5.32 Å². The largest absolute Gasteiger partial charge is 0.353 e. The Bertz CT molecular complexity index is 1680. The van der Waals surface area contributed by atoms with Crippen molar-refractivity contribution in [2.24, 2.45) is 0 Å². The van der Waals surface area contributed by atoms with Gasteiger partial charge in [-0.1, -0.05) is 25.1 Å². The van der Waals surface area contributed by atoms with Crippen molar-refractivity contribution >= 4 is 33.4 Å². The maximum atomic E-state index is 11.8. The molecule has 0 aliphatic carbocycles. The predicted octanol–water partition coefficient (Wildman–Crippen LogP) is 6.18. The van der Waals surface area contributed by atoms with Crippen LogP contribution in [-0.4, -0.2) is 31.1 Å². The molecule has 0 saturated heterocycles. The number of carbonyl (C=O) groups is 1. The number of anilines is 1. The molecular formula is C28H22N6O. The number of fused-ring (bicyclic) bond motifs is 2. The minimum atomic E-state index is -0.00585. The van der Waals surface area contributed by atoms with E-state index in [1.54, 1.807) is 12.4 Å². The van der Waals surface area contributed by atoms with Crippen molar-refractivity contribution in [1.82, 2.24) is 25.1 Å². The van der Waals surface area contributed by atoms with Crippen molar-refractivity contribution in [3.05, 3.63) is 85.3 Å². The Morgan fingerprint density at radius 3 is 2.57 bits per heavy atom. The van der Waals surface area contributed by atoms with Crippen molar-refractivity contribution in [3.63, 3.8) is 0 Å². The second-order valence-corrected chi connectivity index (χ2v) is 8.36. The van der Waals surface area contributed by atoms with Gasteiger partial charge in [0.2, 0.25) is 5.91 Å². The average molecular weight is 459 g/mol. The van der Waals surface area contributed by atoms with Crippen LogP contribution >= 0.6 is 0 Å². The summed E-state index contributed by atoms with van der Waals surface area (Å²) < 4.78 is 0. The van der Waals surface area contributed by atoms with Gasteiger partial charge in [0.15, 0.2) is 0 Å². The molecule has 6 rings (SSSR count). The number of amides is 1. The highest BCUT2D eigenvalue weighted by Crippen LogP contribution is 2.34. The first-order chi connectivity index (χ1) is 17.2. The fraction of sp³-hybridized carbons (Fsp3) is 0.0714. The number of pyridine rings is 2. The van der Waals surface area contributed by atoms with Crippen LogP contribution in [0.15, 0.2) is 85.3 Å². The number of nitrogens with zero attached hydrogens (tertiary/aromatic N) is 3. The number of benzene rings is 2. The van der Waals surface area contributed by atoms with Gasteiger partial charge < -0.3 is 10.3 Å². The molecule has 0 unspecified atom stereocenters. The van der Waals surface area contributed by atoms with Crippen molar-refractivity contribution in [3.8, 4) is 33.8 Å². The first-order valence-corrected chi connectivity index (χ1v) is 11.5.